The molecule has 2 atom stereocenters. The first-order chi connectivity index (χ1) is 32.5. The lowest BCUT2D eigenvalue weighted by Crippen LogP contribution is -2.41. The van der Waals surface area contributed by atoms with Gasteiger partial charge in [0.05, 0.1) is 22.1 Å². The van der Waals surface area contributed by atoms with Crippen LogP contribution in [0.3, 0.4) is 0 Å². The molecule has 0 spiro atoms. The van der Waals surface area contributed by atoms with Crippen molar-refractivity contribution in [2.75, 3.05) is 0 Å². The van der Waals surface area contributed by atoms with E-state index in [0.29, 0.717) is 0 Å². The first-order valence-electron chi connectivity index (χ1n) is 23.1. The average Bonchev–Trinajstić information content (AvgIpc) is 3.92. The van der Waals surface area contributed by atoms with Gasteiger partial charge in [-0.25, -0.2) is 0 Å². The zero-order valence-corrected chi connectivity index (χ0v) is 37.0. The van der Waals surface area contributed by atoms with Crippen molar-refractivity contribution in [3.8, 4) is 33.6 Å². The lowest BCUT2D eigenvalue weighted by atomic mass is 9.54. The summed E-state index contributed by atoms with van der Waals surface area (Å²) in [5.41, 5.74) is 18.8. The summed E-state index contributed by atoms with van der Waals surface area (Å²) in [4.78, 5) is 0. The van der Waals surface area contributed by atoms with E-state index in [-0.39, 0.29) is 0 Å². The number of rotatable bonds is 6. The number of nitrogens with zero attached hydrogens (tertiary/aromatic N) is 2. The van der Waals surface area contributed by atoms with Crippen molar-refractivity contribution in [3.63, 3.8) is 0 Å². The van der Waals surface area contributed by atoms with E-state index in [0.717, 1.165) is 11.4 Å². The van der Waals surface area contributed by atoms with Crippen LogP contribution in [0.25, 0.3) is 77.2 Å². The third-order valence-corrected chi connectivity index (χ3v) is 14.9. The molecular weight excluding hydrogens is 797 g/mol. The fourth-order valence-corrected chi connectivity index (χ4v) is 11.8. The van der Waals surface area contributed by atoms with Crippen LogP contribution in [0, 0.1) is 0 Å². The van der Waals surface area contributed by atoms with Gasteiger partial charge in [-0.2, -0.15) is 0 Å². The van der Waals surface area contributed by atoms with Gasteiger partial charge in [0.2, 0.25) is 0 Å². The molecule has 2 unspecified atom stereocenters. The van der Waals surface area contributed by atoms with Crippen molar-refractivity contribution in [3.05, 3.63) is 276 Å². The van der Waals surface area contributed by atoms with Gasteiger partial charge in [0.25, 0.3) is 0 Å². The predicted molar refractivity (Wildman–Crippen MR) is 276 cm³/mol. The molecule has 2 aromatic heterocycles. The molecule has 1 aliphatic rings. The summed E-state index contributed by atoms with van der Waals surface area (Å²) in [7, 11) is 0. The Hall–Kier alpha value is -8.20. The minimum Gasteiger partial charge on any atom is -0.309 e. The Labute approximate surface area is 385 Å². The van der Waals surface area contributed by atoms with Gasteiger partial charge in [-0.05, 0) is 118 Å². The maximum Gasteiger partial charge on any atom is 0.0544 e. The molecule has 312 valence electrons. The minimum atomic E-state index is -0.546. The van der Waals surface area contributed by atoms with Gasteiger partial charge in [-0.1, -0.05) is 194 Å². The topological polar surface area (TPSA) is 9.86 Å². The smallest absolute Gasteiger partial charge is 0.0544 e. The molecule has 1 aliphatic carbocycles. The van der Waals surface area contributed by atoms with Gasteiger partial charge in [0, 0.05) is 43.7 Å². The average molecular weight is 843 g/mol. The minimum absolute atomic E-state index is 0.545. The molecule has 12 aromatic rings. The highest BCUT2D eigenvalue weighted by atomic mass is 15.0. The van der Waals surface area contributed by atoms with Gasteiger partial charge >= 0.3 is 0 Å². The third-order valence-electron chi connectivity index (χ3n) is 14.9. The lowest BCUT2D eigenvalue weighted by molar-refractivity contribution is 0.577. The summed E-state index contributed by atoms with van der Waals surface area (Å²) in [5, 5.41) is 5.11. The Bertz CT molecular complexity index is 3810. The van der Waals surface area contributed by atoms with Gasteiger partial charge in [0.15, 0.2) is 0 Å². The van der Waals surface area contributed by atoms with Crippen LogP contribution in [0.2, 0.25) is 0 Å². The summed E-state index contributed by atoms with van der Waals surface area (Å²) in [5.74, 6) is 0. The Balaban J connectivity index is 1.15. The summed E-state index contributed by atoms with van der Waals surface area (Å²) in [6.07, 6.45) is 0. The fraction of sp³-hybridized carbons (Fsp3) is 0.0625. The van der Waals surface area contributed by atoms with Gasteiger partial charge in [0.1, 0.15) is 0 Å². The number of hydrogen-bond donors (Lipinski definition) is 0. The molecule has 0 saturated heterocycles. The Morgan fingerprint density at radius 3 is 1.18 bits per heavy atom. The van der Waals surface area contributed by atoms with E-state index in [9.17, 15) is 0 Å². The highest BCUT2D eigenvalue weighted by molar-refractivity contribution is 6.15. The molecule has 0 aliphatic heterocycles. The normalized spacial score (nSPS) is 16.8. The molecule has 2 nitrogen and oxygen atoms in total. The molecule has 2 heteroatoms. The molecule has 66 heavy (non-hydrogen) atoms. The first-order valence-corrected chi connectivity index (χ1v) is 23.1. The molecule has 2 heterocycles. The maximum atomic E-state index is 2.50. The van der Waals surface area contributed by atoms with Gasteiger partial charge < -0.3 is 9.13 Å². The van der Waals surface area contributed by atoms with E-state index in [2.05, 4.69) is 266 Å². The largest absolute Gasteiger partial charge is 0.309 e. The lowest BCUT2D eigenvalue weighted by Gasteiger charge is -2.48. The molecule has 0 radical (unpaired) electrons. The van der Waals surface area contributed by atoms with Crippen LogP contribution < -0.4 is 0 Å². The van der Waals surface area contributed by atoms with Crippen LogP contribution >= 0.6 is 0 Å². The SMILES string of the molecule is CC1(c2ccccc2)c2ccc3c(c2C(C)(c2ccccc2)c2ccc4c(c21)c1ccccc1n4-c1ccc(-c2ccccc2)cc1)c1ccccc1n3-c1cccc(-c2ccccc2)c1. The first kappa shape index (κ1) is 38.3. The number of hydrogen-bond acceptors (Lipinski definition) is 0. The van der Waals surface area contributed by atoms with E-state index in [1.54, 1.807) is 0 Å². The molecule has 0 amide bonds. The van der Waals surface area contributed by atoms with Crippen LogP contribution in [-0.2, 0) is 10.8 Å². The number of para-hydroxylation sites is 2. The van der Waals surface area contributed by atoms with Crippen molar-refractivity contribution < 1.29 is 0 Å². The van der Waals surface area contributed by atoms with E-state index in [4.69, 9.17) is 0 Å². The van der Waals surface area contributed by atoms with Gasteiger partial charge in [-0.3, -0.25) is 0 Å². The number of benzene rings is 10. The molecule has 0 N–H and O–H groups in total. The summed E-state index contributed by atoms with van der Waals surface area (Å²) >= 11 is 0. The highest BCUT2D eigenvalue weighted by Crippen LogP contribution is 2.60. The van der Waals surface area contributed by atoms with E-state index in [1.165, 1.54) is 99.2 Å². The molecule has 10 aromatic carbocycles. The Morgan fingerprint density at radius 1 is 0.288 bits per heavy atom. The second-order valence-electron chi connectivity index (χ2n) is 18.3. The standard InChI is InChI=1S/C64H46N2/c1-63(47-25-11-5-12-26-47)54-39-41-58-60(52-31-16-18-33-56(52)66(58)50-29-19-24-46(42-50)44-22-9-4-10-23-44)62(54)64(2,48-27-13-6-14-28-48)53-38-40-57-59(61(53)63)51-30-15-17-32-55(51)65(57)49-36-34-45(35-37-49)43-20-7-3-8-21-43/h3-42H,1-2H3. The van der Waals surface area contributed by atoms with Crippen molar-refractivity contribution in [1.29, 1.82) is 0 Å². The molecule has 13 rings (SSSR count). The summed E-state index contributed by atoms with van der Waals surface area (Å²) in [6, 6.07) is 89.9. The van der Waals surface area contributed by atoms with Crippen LogP contribution in [0.4, 0.5) is 0 Å². The van der Waals surface area contributed by atoms with E-state index in [1.807, 2.05) is 0 Å². The second-order valence-corrected chi connectivity index (χ2v) is 18.3. The summed E-state index contributed by atoms with van der Waals surface area (Å²) in [6.45, 7) is 5.00. The van der Waals surface area contributed by atoms with Crippen LogP contribution in [0.5, 0.6) is 0 Å². The zero-order valence-electron chi connectivity index (χ0n) is 37.0. The predicted octanol–water partition coefficient (Wildman–Crippen LogP) is 16.2. The Kier molecular flexibility index (Phi) is 8.51. The molecular formula is C64H46N2. The number of aromatic nitrogens is 2. The summed E-state index contributed by atoms with van der Waals surface area (Å²) < 4.78 is 4.99. The maximum absolute atomic E-state index is 2.50. The molecule has 0 saturated carbocycles. The number of fused-ring (bicyclic) bond motifs is 10. The second kappa shape index (κ2) is 14.7. The van der Waals surface area contributed by atoms with Crippen molar-refractivity contribution in [2.24, 2.45) is 0 Å². The van der Waals surface area contributed by atoms with Crippen molar-refractivity contribution >= 4 is 43.6 Å². The van der Waals surface area contributed by atoms with Crippen molar-refractivity contribution in [2.45, 2.75) is 24.7 Å². The molecule has 0 fully saturated rings. The Morgan fingerprint density at radius 2 is 0.682 bits per heavy atom. The highest BCUT2D eigenvalue weighted by Gasteiger charge is 2.50. The third kappa shape index (κ3) is 5.42. The van der Waals surface area contributed by atoms with Gasteiger partial charge in [-0.15, -0.1) is 0 Å². The monoisotopic (exact) mass is 842 g/mol. The van der Waals surface area contributed by atoms with Crippen molar-refractivity contribution in [1.82, 2.24) is 9.13 Å². The van der Waals surface area contributed by atoms with Crippen LogP contribution in [-0.4, -0.2) is 9.13 Å². The van der Waals surface area contributed by atoms with E-state index >= 15 is 0 Å². The quantitative estimate of drug-likeness (QED) is 0.158. The fourth-order valence-electron chi connectivity index (χ4n) is 11.8. The zero-order chi connectivity index (χ0) is 44.0. The van der Waals surface area contributed by atoms with Crippen LogP contribution in [0.1, 0.15) is 47.2 Å². The van der Waals surface area contributed by atoms with E-state index < -0.39 is 10.8 Å². The molecule has 0 bridgehead atoms. The van der Waals surface area contributed by atoms with Crippen LogP contribution in [0.15, 0.2) is 243 Å².